The number of pyridine rings is 1. The van der Waals surface area contributed by atoms with Gasteiger partial charge in [-0.05, 0) is 36.4 Å². The first-order valence-corrected chi connectivity index (χ1v) is 11.2. The van der Waals surface area contributed by atoms with Crippen LogP contribution in [0.25, 0.3) is 11.3 Å². The quantitative estimate of drug-likeness (QED) is 0.217. The molecule has 10 heteroatoms. The normalized spacial score (nSPS) is 10.8. The molecule has 0 saturated heterocycles. The third kappa shape index (κ3) is 6.34. The van der Waals surface area contributed by atoms with Gasteiger partial charge in [0.1, 0.15) is 11.8 Å². The summed E-state index contributed by atoms with van der Waals surface area (Å²) in [6.45, 7) is -0.445. The molecule has 2 N–H and O–H groups in total. The van der Waals surface area contributed by atoms with E-state index < -0.39 is 18.5 Å². The van der Waals surface area contributed by atoms with E-state index in [4.69, 9.17) is 4.74 Å². The van der Waals surface area contributed by atoms with Crippen molar-refractivity contribution in [3.05, 3.63) is 95.6 Å². The van der Waals surface area contributed by atoms with Crippen LogP contribution in [0.15, 0.2) is 89.5 Å². The number of aromatic nitrogens is 2. The lowest BCUT2D eigenvalue weighted by molar-refractivity contribution is -0.119. The number of benzene rings is 2. The molecule has 0 aliphatic heterocycles. The molecule has 0 fully saturated rings. The van der Waals surface area contributed by atoms with Gasteiger partial charge in [0.2, 0.25) is 0 Å². The summed E-state index contributed by atoms with van der Waals surface area (Å²) in [5.41, 5.74) is 5.83. The number of carbonyl (C=O) groups excluding carboxylic acids is 2. The average molecular weight is 483 g/mol. The number of hydrogen-bond donors (Lipinski definition) is 2. The first-order valence-electron chi connectivity index (χ1n) is 10.4. The van der Waals surface area contributed by atoms with Crippen molar-refractivity contribution in [2.24, 2.45) is 5.10 Å². The van der Waals surface area contributed by atoms with Crippen molar-refractivity contribution in [1.82, 2.24) is 9.97 Å². The molecular formula is C25H18N6O3S. The molecule has 0 unspecified atom stereocenters. The maximum atomic E-state index is 12.3. The van der Waals surface area contributed by atoms with E-state index in [1.54, 1.807) is 36.5 Å². The van der Waals surface area contributed by atoms with Crippen molar-refractivity contribution in [2.45, 2.75) is 0 Å². The smallest absolute Gasteiger partial charge is 0.338 e. The number of hydrogen-bond acceptors (Lipinski definition) is 9. The van der Waals surface area contributed by atoms with Crippen molar-refractivity contribution in [3.63, 3.8) is 0 Å². The summed E-state index contributed by atoms with van der Waals surface area (Å²) < 4.78 is 5.09. The van der Waals surface area contributed by atoms with Crippen LogP contribution in [0.1, 0.15) is 16.1 Å². The molecule has 4 aromatic rings. The van der Waals surface area contributed by atoms with Crippen molar-refractivity contribution in [3.8, 4) is 17.3 Å². The van der Waals surface area contributed by atoms with E-state index in [1.807, 2.05) is 41.8 Å². The second-order valence-corrected chi connectivity index (χ2v) is 7.86. The Balaban J connectivity index is 1.28. The highest BCUT2D eigenvalue weighted by molar-refractivity contribution is 7.14. The van der Waals surface area contributed by atoms with Crippen LogP contribution in [-0.2, 0) is 9.53 Å². The Kier molecular flexibility index (Phi) is 7.52. The minimum absolute atomic E-state index is 0.121. The molecule has 4 rings (SSSR count). The van der Waals surface area contributed by atoms with Crippen molar-refractivity contribution < 1.29 is 14.3 Å². The number of rotatable bonds is 8. The highest BCUT2D eigenvalue weighted by atomic mass is 32.1. The molecule has 9 nitrogen and oxygen atoms in total. The zero-order valence-electron chi connectivity index (χ0n) is 18.2. The standard InChI is InChI=1S/C25H18N6O3S/c26-14-21(20-8-4-5-13-27-20)31-30-19-11-9-18(10-12-19)24(33)34-15-23(32)29-25-28-22(16-35-25)17-6-2-1-3-7-17/h1-13,16,30H,15H2,(H,28,29,32)/b31-21+. The van der Waals surface area contributed by atoms with Gasteiger partial charge < -0.3 is 4.74 Å². The second-order valence-electron chi connectivity index (χ2n) is 7.00. The van der Waals surface area contributed by atoms with Gasteiger partial charge in [0.25, 0.3) is 5.91 Å². The number of carbonyl (C=O) groups is 2. The lowest BCUT2D eigenvalue weighted by Gasteiger charge is -2.06. The number of anilines is 2. The fourth-order valence-corrected chi connectivity index (χ4v) is 3.62. The highest BCUT2D eigenvalue weighted by Crippen LogP contribution is 2.24. The van der Waals surface area contributed by atoms with E-state index in [1.165, 1.54) is 23.5 Å². The van der Waals surface area contributed by atoms with E-state index in [-0.39, 0.29) is 11.3 Å². The van der Waals surface area contributed by atoms with Gasteiger partial charge in [0, 0.05) is 17.1 Å². The summed E-state index contributed by atoms with van der Waals surface area (Å²) in [5.74, 6) is -1.14. The van der Waals surface area contributed by atoms with Crippen LogP contribution < -0.4 is 10.7 Å². The van der Waals surface area contributed by atoms with Gasteiger partial charge >= 0.3 is 5.97 Å². The van der Waals surface area contributed by atoms with E-state index >= 15 is 0 Å². The maximum absolute atomic E-state index is 12.3. The van der Waals surface area contributed by atoms with Crippen LogP contribution in [0.5, 0.6) is 0 Å². The molecule has 2 aromatic carbocycles. The fraction of sp³-hybridized carbons (Fsp3) is 0.0400. The number of hydrazone groups is 1. The molecule has 0 spiro atoms. The van der Waals surface area contributed by atoms with Gasteiger partial charge in [0.15, 0.2) is 17.5 Å². The van der Waals surface area contributed by atoms with Crippen LogP contribution in [-0.4, -0.2) is 34.2 Å². The summed E-state index contributed by atoms with van der Waals surface area (Å²) in [5, 5.41) is 18.2. The summed E-state index contributed by atoms with van der Waals surface area (Å²) in [7, 11) is 0. The molecular weight excluding hydrogens is 464 g/mol. The van der Waals surface area contributed by atoms with Gasteiger partial charge in [-0.15, -0.1) is 11.3 Å². The zero-order valence-corrected chi connectivity index (χ0v) is 19.0. The lowest BCUT2D eigenvalue weighted by Crippen LogP contribution is -2.20. The predicted molar refractivity (Wildman–Crippen MR) is 133 cm³/mol. The monoisotopic (exact) mass is 482 g/mol. The molecule has 0 aliphatic rings. The Morgan fingerprint density at radius 3 is 2.51 bits per heavy atom. The van der Waals surface area contributed by atoms with Crippen LogP contribution in [0.3, 0.4) is 0 Å². The fourth-order valence-electron chi connectivity index (χ4n) is 2.89. The predicted octanol–water partition coefficient (Wildman–Crippen LogP) is 4.34. The topological polar surface area (TPSA) is 129 Å². The van der Waals surface area contributed by atoms with Gasteiger partial charge in [0.05, 0.1) is 16.9 Å². The molecule has 1 amide bonds. The number of nitrogens with one attached hydrogen (secondary N) is 2. The highest BCUT2D eigenvalue weighted by Gasteiger charge is 2.12. The molecule has 2 aromatic heterocycles. The Hall–Kier alpha value is -4.88. The Labute approximate surface area is 204 Å². The molecule has 0 bridgehead atoms. The van der Waals surface area contributed by atoms with Crippen LogP contribution in [0.4, 0.5) is 10.8 Å². The van der Waals surface area contributed by atoms with Crippen molar-refractivity contribution in [1.29, 1.82) is 5.26 Å². The summed E-state index contributed by atoms with van der Waals surface area (Å²) in [6, 6.07) is 23.0. The number of esters is 1. The average Bonchev–Trinajstić information content (AvgIpc) is 3.37. The van der Waals surface area contributed by atoms with E-state index in [0.29, 0.717) is 16.5 Å². The van der Waals surface area contributed by atoms with E-state index in [0.717, 1.165) is 11.3 Å². The third-order valence-electron chi connectivity index (χ3n) is 4.59. The summed E-state index contributed by atoms with van der Waals surface area (Å²) in [6.07, 6.45) is 1.57. The molecule has 0 atom stereocenters. The number of nitriles is 1. The number of nitrogens with zero attached hydrogens (tertiary/aromatic N) is 4. The largest absolute Gasteiger partial charge is 0.452 e. The van der Waals surface area contributed by atoms with Crippen LogP contribution >= 0.6 is 11.3 Å². The van der Waals surface area contributed by atoms with Crippen LogP contribution in [0.2, 0.25) is 0 Å². The number of thiazole rings is 1. The molecule has 172 valence electrons. The maximum Gasteiger partial charge on any atom is 0.338 e. The van der Waals surface area contributed by atoms with E-state index in [2.05, 4.69) is 25.8 Å². The van der Waals surface area contributed by atoms with Gasteiger partial charge in [-0.3, -0.25) is 20.5 Å². The number of amides is 1. The minimum atomic E-state index is -0.648. The molecule has 2 heterocycles. The van der Waals surface area contributed by atoms with Crippen LogP contribution in [0, 0.1) is 11.3 Å². The lowest BCUT2D eigenvalue weighted by atomic mass is 10.2. The van der Waals surface area contributed by atoms with Gasteiger partial charge in [-0.2, -0.15) is 10.4 Å². The second kappa shape index (κ2) is 11.3. The zero-order chi connectivity index (χ0) is 24.5. The first-order chi connectivity index (χ1) is 17.1. The summed E-state index contributed by atoms with van der Waals surface area (Å²) >= 11 is 1.29. The van der Waals surface area contributed by atoms with Gasteiger partial charge in [-0.1, -0.05) is 36.4 Å². The minimum Gasteiger partial charge on any atom is -0.452 e. The molecule has 35 heavy (non-hydrogen) atoms. The third-order valence-corrected chi connectivity index (χ3v) is 5.34. The molecule has 0 saturated carbocycles. The Bertz CT molecular complexity index is 1380. The van der Waals surface area contributed by atoms with Crippen molar-refractivity contribution >= 4 is 39.7 Å². The molecule has 0 aliphatic carbocycles. The van der Waals surface area contributed by atoms with Crippen molar-refractivity contribution in [2.75, 3.05) is 17.3 Å². The van der Waals surface area contributed by atoms with E-state index in [9.17, 15) is 14.9 Å². The number of ether oxygens (including phenoxy) is 1. The Morgan fingerprint density at radius 1 is 1.03 bits per heavy atom. The SMILES string of the molecule is N#C/C(=N\Nc1ccc(C(=O)OCC(=O)Nc2nc(-c3ccccc3)cs2)cc1)c1ccccn1. The summed E-state index contributed by atoms with van der Waals surface area (Å²) in [4.78, 5) is 32.9. The Morgan fingerprint density at radius 2 is 1.80 bits per heavy atom. The first kappa shape index (κ1) is 23.3. The molecule has 0 radical (unpaired) electrons. The van der Waals surface area contributed by atoms with Gasteiger partial charge in [-0.25, -0.2) is 9.78 Å².